The van der Waals surface area contributed by atoms with Gasteiger partial charge < -0.3 is 10.1 Å². The van der Waals surface area contributed by atoms with E-state index in [9.17, 15) is 13.2 Å². The van der Waals surface area contributed by atoms with Gasteiger partial charge in [0.15, 0.2) is 0 Å². The van der Waals surface area contributed by atoms with E-state index >= 15 is 0 Å². The molecule has 146 valence electrons. The van der Waals surface area contributed by atoms with E-state index in [0.717, 1.165) is 5.56 Å². The molecule has 0 unspecified atom stereocenters. The van der Waals surface area contributed by atoms with Crippen molar-refractivity contribution in [2.45, 2.75) is 38.4 Å². The van der Waals surface area contributed by atoms with E-state index in [0.29, 0.717) is 37.5 Å². The average molecular weight is 403 g/mol. The molecule has 2 rings (SSSR count). The fraction of sp³-hybridized carbons (Fsp3) is 0.647. The maximum Gasteiger partial charge on any atom is 0.390 e. The lowest BCUT2D eigenvalue weighted by Gasteiger charge is -2.36. The lowest BCUT2D eigenvalue weighted by Crippen LogP contribution is -2.46. The molecule has 0 amide bonds. The highest BCUT2D eigenvalue weighted by atomic mass is 35.5. The fourth-order valence-electron chi connectivity index (χ4n) is 3.02. The summed E-state index contributed by atoms with van der Waals surface area (Å²) in [5.74, 6) is 0.788. The number of rotatable bonds is 5. The summed E-state index contributed by atoms with van der Waals surface area (Å²) in [6, 6.07) is 4.89. The van der Waals surface area contributed by atoms with Gasteiger partial charge in [0.05, 0.1) is 13.5 Å². The van der Waals surface area contributed by atoms with Crippen molar-refractivity contribution < 1.29 is 17.9 Å². The third-order valence-corrected chi connectivity index (χ3v) is 4.30. The van der Waals surface area contributed by atoms with Gasteiger partial charge in [-0.2, -0.15) is 13.2 Å². The molecule has 8 heteroatoms. The van der Waals surface area contributed by atoms with E-state index in [1.807, 2.05) is 30.9 Å². The van der Waals surface area contributed by atoms with Crippen LogP contribution in [0.2, 0.25) is 0 Å². The number of hydrogen-bond donors (Lipinski definition) is 1. The molecule has 25 heavy (non-hydrogen) atoms. The van der Waals surface area contributed by atoms with Gasteiger partial charge in [0.25, 0.3) is 0 Å². The summed E-state index contributed by atoms with van der Waals surface area (Å²) >= 11 is 0. The molecule has 0 saturated carbocycles. The number of methoxy groups -OCH3 is 1. The van der Waals surface area contributed by atoms with Crippen LogP contribution in [0, 0.1) is 0 Å². The van der Waals surface area contributed by atoms with Gasteiger partial charge in [-0.25, -0.2) is 0 Å². The van der Waals surface area contributed by atoms with Gasteiger partial charge in [-0.05, 0) is 17.5 Å². The zero-order chi connectivity index (χ0) is 17.0. The zero-order valence-electron chi connectivity index (χ0n) is 14.7. The van der Waals surface area contributed by atoms with Crippen molar-refractivity contribution in [2.75, 3.05) is 33.3 Å². The summed E-state index contributed by atoms with van der Waals surface area (Å²) in [5.41, 5.74) is 1.67. The Morgan fingerprint density at radius 3 is 2.24 bits per heavy atom. The summed E-state index contributed by atoms with van der Waals surface area (Å²) in [7, 11) is 1.51. The normalized spacial score (nSPS) is 16.8. The SMILES string of the molecule is COc1ccc(C(C)C)cc1[C@@H](CC(F)(F)F)N1CCNCC1.Cl.Cl. The summed E-state index contributed by atoms with van der Waals surface area (Å²) in [4.78, 5) is 1.91. The molecule has 0 bridgehead atoms. The Balaban J connectivity index is 0.00000288. The fourth-order valence-corrected chi connectivity index (χ4v) is 3.02. The highest BCUT2D eigenvalue weighted by Crippen LogP contribution is 2.39. The molecule has 1 atom stereocenters. The predicted molar refractivity (Wildman–Crippen MR) is 99.4 cm³/mol. The second-order valence-corrected chi connectivity index (χ2v) is 6.28. The Bertz CT molecular complexity index is 521. The van der Waals surface area contributed by atoms with E-state index in [4.69, 9.17) is 4.74 Å². The van der Waals surface area contributed by atoms with Gasteiger partial charge in [0.2, 0.25) is 0 Å². The van der Waals surface area contributed by atoms with Crippen LogP contribution in [0.3, 0.4) is 0 Å². The van der Waals surface area contributed by atoms with Gasteiger partial charge in [0, 0.05) is 37.8 Å². The number of nitrogens with zero attached hydrogens (tertiary/aromatic N) is 1. The van der Waals surface area contributed by atoms with Crippen molar-refractivity contribution in [3.63, 3.8) is 0 Å². The van der Waals surface area contributed by atoms with Crippen LogP contribution in [0.5, 0.6) is 5.75 Å². The van der Waals surface area contributed by atoms with E-state index in [-0.39, 0.29) is 30.7 Å². The standard InChI is InChI=1S/C17H25F3N2O.2ClH/c1-12(2)13-4-5-16(23-3)14(10-13)15(11-17(18,19)20)22-8-6-21-7-9-22;;/h4-5,10,12,15,21H,6-9,11H2,1-3H3;2*1H/t15-;;/m1../s1. The van der Waals surface area contributed by atoms with Gasteiger partial charge in [-0.3, -0.25) is 4.90 Å². The van der Waals surface area contributed by atoms with E-state index < -0.39 is 18.6 Å². The number of halogens is 5. The highest BCUT2D eigenvalue weighted by Gasteiger charge is 2.37. The summed E-state index contributed by atoms with van der Waals surface area (Å²) in [6.07, 6.45) is -5.07. The lowest BCUT2D eigenvalue weighted by molar-refractivity contribution is -0.148. The first-order valence-corrected chi connectivity index (χ1v) is 8.01. The molecule has 1 heterocycles. The first-order valence-electron chi connectivity index (χ1n) is 8.01. The average Bonchev–Trinajstić information content (AvgIpc) is 2.52. The molecule has 1 fully saturated rings. The second-order valence-electron chi connectivity index (χ2n) is 6.28. The minimum Gasteiger partial charge on any atom is -0.496 e. The molecule has 1 N–H and O–H groups in total. The van der Waals surface area contributed by atoms with Crippen LogP contribution in [0.15, 0.2) is 18.2 Å². The topological polar surface area (TPSA) is 24.5 Å². The maximum absolute atomic E-state index is 13.2. The van der Waals surface area contributed by atoms with Crippen molar-refractivity contribution in [1.82, 2.24) is 10.2 Å². The summed E-state index contributed by atoms with van der Waals surface area (Å²) in [6.45, 7) is 6.71. The van der Waals surface area contributed by atoms with Gasteiger partial charge >= 0.3 is 6.18 Å². The Morgan fingerprint density at radius 1 is 1.16 bits per heavy atom. The molecule has 0 aromatic heterocycles. The molecule has 0 aliphatic carbocycles. The van der Waals surface area contributed by atoms with E-state index in [1.165, 1.54) is 7.11 Å². The predicted octanol–water partition coefficient (Wildman–Crippen LogP) is 4.56. The molecular formula is C17H27Cl2F3N2O. The summed E-state index contributed by atoms with van der Waals surface area (Å²) in [5, 5.41) is 3.19. The number of hydrogen-bond acceptors (Lipinski definition) is 3. The van der Waals surface area contributed by atoms with Gasteiger partial charge in [0.1, 0.15) is 5.75 Å². The van der Waals surface area contributed by atoms with Gasteiger partial charge in [-0.15, -0.1) is 24.8 Å². The maximum atomic E-state index is 13.2. The molecule has 1 aliphatic rings. The number of ether oxygens (including phenoxy) is 1. The van der Waals surface area contributed by atoms with Crippen molar-refractivity contribution in [1.29, 1.82) is 0 Å². The molecule has 1 aliphatic heterocycles. The number of piperazine rings is 1. The van der Waals surface area contributed by atoms with Crippen LogP contribution in [0.25, 0.3) is 0 Å². The summed E-state index contributed by atoms with van der Waals surface area (Å²) < 4.78 is 44.8. The van der Waals surface area contributed by atoms with Crippen LogP contribution in [-0.2, 0) is 0 Å². The molecule has 1 aromatic carbocycles. The van der Waals surface area contributed by atoms with Crippen LogP contribution >= 0.6 is 24.8 Å². The monoisotopic (exact) mass is 402 g/mol. The number of alkyl halides is 3. The molecule has 1 saturated heterocycles. The van der Waals surface area contributed by atoms with Crippen LogP contribution < -0.4 is 10.1 Å². The molecule has 0 spiro atoms. The zero-order valence-corrected chi connectivity index (χ0v) is 16.4. The van der Waals surface area contributed by atoms with Crippen molar-refractivity contribution in [3.8, 4) is 5.75 Å². The Morgan fingerprint density at radius 2 is 1.76 bits per heavy atom. The largest absolute Gasteiger partial charge is 0.496 e. The molecule has 3 nitrogen and oxygen atoms in total. The number of nitrogens with one attached hydrogen (secondary N) is 1. The molecule has 0 radical (unpaired) electrons. The first kappa shape index (κ1) is 24.3. The Kier molecular flexibility index (Phi) is 10.2. The number of benzene rings is 1. The minimum absolute atomic E-state index is 0. The van der Waals surface area contributed by atoms with E-state index in [1.54, 1.807) is 6.07 Å². The Hall–Kier alpha value is -0.690. The molecule has 1 aromatic rings. The van der Waals surface area contributed by atoms with Crippen LogP contribution in [0.4, 0.5) is 13.2 Å². The smallest absolute Gasteiger partial charge is 0.390 e. The lowest BCUT2D eigenvalue weighted by atomic mass is 9.94. The van der Waals surface area contributed by atoms with Gasteiger partial charge in [-0.1, -0.05) is 26.0 Å². The Labute approximate surface area is 160 Å². The minimum atomic E-state index is -4.21. The third kappa shape index (κ3) is 6.85. The third-order valence-electron chi connectivity index (χ3n) is 4.30. The molecular weight excluding hydrogens is 376 g/mol. The van der Waals surface area contributed by atoms with Crippen LogP contribution in [-0.4, -0.2) is 44.4 Å². The first-order chi connectivity index (χ1) is 10.8. The van der Waals surface area contributed by atoms with Crippen molar-refractivity contribution in [2.24, 2.45) is 0 Å². The second kappa shape index (κ2) is 10.5. The highest BCUT2D eigenvalue weighted by molar-refractivity contribution is 5.85. The van der Waals surface area contributed by atoms with Crippen molar-refractivity contribution >= 4 is 24.8 Å². The van der Waals surface area contributed by atoms with E-state index in [2.05, 4.69) is 5.32 Å². The van der Waals surface area contributed by atoms with Crippen molar-refractivity contribution in [3.05, 3.63) is 29.3 Å². The van der Waals surface area contributed by atoms with Crippen LogP contribution in [0.1, 0.15) is 43.4 Å². The quantitative estimate of drug-likeness (QED) is 0.780.